The minimum absolute atomic E-state index is 0.311. The molecule has 61 valence electrons. The van der Waals surface area contributed by atoms with Gasteiger partial charge in [-0.05, 0) is 11.1 Å². The second kappa shape index (κ2) is 2.60. The van der Waals surface area contributed by atoms with Crippen LogP contribution in [0.5, 0.6) is 0 Å². The summed E-state index contributed by atoms with van der Waals surface area (Å²) in [6.07, 6.45) is 0. The van der Waals surface area contributed by atoms with Crippen molar-refractivity contribution < 1.29 is 9.90 Å². The van der Waals surface area contributed by atoms with Crippen LogP contribution >= 0.6 is 0 Å². The Hall–Kier alpha value is -1.35. The molecule has 3 nitrogen and oxygen atoms in total. The number of aliphatic carboxylic acids is 1. The third-order valence-corrected chi connectivity index (χ3v) is 1.96. The van der Waals surface area contributed by atoms with Crippen molar-refractivity contribution in [2.45, 2.75) is 6.54 Å². The lowest BCUT2D eigenvalue weighted by atomic mass is 10.1. The molecule has 1 aliphatic rings. The van der Waals surface area contributed by atoms with Crippen LogP contribution in [0.25, 0.3) is 0 Å². The van der Waals surface area contributed by atoms with Crippen molar-refractivity contribution in [3.8, 4) is 0 Å². The highest BCUT2D eigenvalue weighted by Crippen LogP contribution is 2.23. The Labute approximate surface area is 70.0 Å². The van der Waals surface area contributed by atoms with E-state index < -0.39 is 5.97 Å². The van der Waals surface area contributed by atoms with Crippen molar-refractivity contribution in [3.63, 3.8) is 0 Å². The van der Waals surface area contributed by atoms with Crippen LogP contribution in [0.15, 0.2) is 24.3 Å². The molecule has 0 saturated heterocycles. The topological polar surface area (TPSA) is 49.3 Å². The van der Waals surface area contributed by atoms with Crippen LogP contribution in [0, 0.1) is 6.04 Å². The standard InChI is InChI=1S/C9H8NO2/c11-9(12)8-7-4-2-1-3-6(7)5-10-8/h1-4,10H,5H2,(H,11,12). The van der Waals surface area contributed by atoms with Crippen LogP contribution in [-0.4, -0.2) is 11.1 Å². The van der Waals surface area contributed by atoms with Crippen LogP contribution in [0.1, 0.15) is 11.1 Å². The zero-order valence-corrected chi connectivity index (χ0v) is 6.37. The summed E-state index contributed by atoms with van der Waals surface area (Å²) in [6.45, 7) is 0.623. The first-order valence-corrected chi connectivity index (χ1v) is 3.71. The van der Waals surface area contributed by atoms with Crippen molar-refractivity contribution >= 4 is 5.97 Å². The number of rotatable bonds is 1. The fourth-order valence-electron chi connectivity index (χ4n) is 1.39. The summed E-state index contributed by atoms with van der Waals surface area (Å²) in [5.74, 6) is -0.889. The van der Waals surface area contributed by atoms with Crippen molar-refractivity contribution in [1.82, 2.24) is 5.32 Å². The summed E-state index contributed by atoms with van der Waals surface area (Å²) >= 11 is 0. The van der Waals surface area contributed by atoms with E-state index in [0.29, 0.717) is 12.6 Å². The summed E-state index contributed by atoms with van der Waals surface area (Å²) in [5.41, 5.74) is 1.86. The third-order valence-electron chi connectivity index (χ3n) is 1.96. The van der Waals surface area contributed by atoms with Crippen molar-refractivity contribution in [2.24, 2.45) is 0 Å². The number of fused-ring (bicyclic) bond motifs is 1. The molecule has 0 spiro atoms. The Morgan fingerprint density at radius 2 is 2.17 bits per heavy atom. The van der Waals surface area contributed by atoms with E-state index in [9.17, 15) is 4.79 Å². The maximum atomic E-state index is 10.7. The fourth-order valence-corrected chi connectivity index (χ4v) is 1.39. The number of hydrogen-bond acceptors (Lipinski definition) is 2. The molecule has 12 heavy (non-hydrogen) atoms. The lowest BCUT2D eigenvalue weighted by Crippen LogP contribution is -2.22. The summed E-state index contributed by atoms with van der Waals surface area (Å²) in [6, 6.07) is 7.81. The molecule has 0 fully saturated rings. The van der Waals surface area contributed by atoms with Gasteiger partial charge in [0.2, 0.25) is 0 Å². The van der Waals surface area contributed by atoms with Gasteiger partial charge in [0.1, 0.15) is 0 Å². The van der Waals surface area contributed by atoms with Gasteiger partial charge in [-0.1, -0.05) is 24.3 Å². The maximum absolute atomic E-state index is 10.7. The Balaban J connectivity index is 2.42. The number of carboxylic acid groups (broad SMARTS) is 1. The van der Waals surface area contributed by atoms with Crippen LogP contribution in [-0.2, 0) is 11.3 Å². The van der Waals surface area contributed by atoms with E-state index in [1.165, 1.54) is 0 Å². The van der Waals surface area contributed by atoms with Gasteiger partial charge in [0.05, 0.1) is 0 Å². The molecule has 0 atom stereocenters. The number of carbonyl (C=O) groups is 1. The summed E-state index contributed by atoms with van der Waals surface area (Å²) < 4.78 is 0. The largest absolute Gasteiger partial charge is 0.480 e. The van der Waals surface area contributed by atoms with E-state index in [-0.39, 0.29) is 0 Å². The molecule has 1 heterocycles. The molecule has 0 bridgehead atoms. The van der Waals surface area contributed by atoms with Gasteiger partial charge in [-0.25, -0.2) is 4.79 Å². The Morgan fingerprint density at radius 3 is 2.92 bits per heavy atom. The van der Waals surface area contributed by atoms with Gasteiger partial charge in [0, 0.05) is 6.54 Å². The monoisotopic (exact) mass is 162 g/mol. The first-order valence-electron chi connectivity index (χ1n) is 3.71. The number of hydrogen-bond donors (Lipinski definition) is 2. The molecule has 3 heteroatoms. The molecule has 2 rings (SSSR count). The second-order valence-electron chi connectivity index (χ2n) is 2.69. The highest BCUT2D eigenvalue weighted by Gasteiger charge is 2.28. The molecule has 1 aliphatic heterocycles. The second-order valence-corrected chi connectivity index (χ2v) is 2.69. The summed E-state index contributed by atoms with van der Waals surface area (Å²) in [7, 11) is 0. The molecule has 0 aromatic heterocycles. The minimum atomic E-state index is -0.889. The zero-order valence-electron chi connectivity index (χ0n) is 6.37. The van der Waals surface area contributed by atoms with Crippen molar-refractivity contribution in [1.29, 1.82) is 0 Å². The Morgan fingerprint density at radius 1 is 1.42 bits per heavy atom. The Kier molecular flexibility index (Phi) is 1.59. The fraction of sp³-hybridized carbons (Fsp3) is 0.111. The zero-order chi connectivity index (χ0) is 8.55. The summed E-state index contributed by atoms with van der Waals surface area (Å²) in [5, 5.41) is 11.6. The van der Waals surface area contributed by atoms with Gasteiger partial charge in [-0.3, -0.25) is 5.32 Å². The molecule has 1 aromatic carbocycles. The Bertz CT molecular complexity index is 322. The molecular weight excluding hydrogens is 154 g/mol. The first kappa shape index (κ1) is 7.31. The average molecular weight is 162 g/mol. The average Bonchev–Trinajstić information content (AvgIpc) is 2.47. The smallest absolute Gasteiger partial charge is 0.331 e. The lowest BCUT2D eigenvalue weighted by molar-refractivity contribution is -0.134. The highest BCUT2D eigenvalue weighted by atomic mass is 16.4. The predicted octanol–water partition coefficient (Wildman–Crippen LogP) is 0.754. The molecule has 0 aliphatic carbocycles. The van der Waals surface area contributed by atoms with Crippen molar-refractivity contribution in [3.05, 3.63) is 41.4 Å². The maximum Gasteiger partial charge on any atom is 0.331 e. The van der Waals surface area contributed by atoms with Crippen LogP contribution in [0.2, 0.25) is 0 Å². The van der Waals surface area contributed by atoms with Gasteiger partial charge < -0.3 is 5.11 Å². The first-order chi connectivity index (χ1) is 5.79. The summed E-state index contributed by atoms with van der Waals surface area (Å²) in [4.78, 5) is 10.7. The van der Waals surface area contributed by atoms with E-state index >= 15 is 0 Å². The van der Waals surface area contributed by atoms with Gasteiger partial charge in [0.25, 0.3) is 0 Å². The highest BCUT2D eigenvalue weighted by molar-refractivity contribution is 5.88. The number of carboxylic acids is 1. The van der Waals surface area contributed by atoms with E-state index in [1.807, 2.05) is 24.3 Å². The van der Waals surface area contributed by atoms with E-state index in [4.69, 9.17) is 5.11 Å². The van der Waals surface area contributed by atoms with E-state index in [1.54, 1.807) is 0 Å². The molecule has 0 unspecified atom stereocenters. The SMILES string of the molecule is O=C(O)[C]1NCc2ccccc21. The van der Waals surface area contributed by atoms with Gasteiger partial charge in [-0.15, -0.1) is 0 Å². The van der Waals surface area contributed by atoms with Crippen LogP contribution in [0.4, 0.5) is 0 Å². The molecule has 2 N–H and O–H groups in total. The number of benzene rings is 1. The quantitative estimate of drug-likeness (QED) is 0.640. The molecule has 1 radical (unpaired) electrons. The molecule has 1 aromatic rings. The molecular formula is C9H8NO2. The van der Waals surface area contributed by atoms with Crippen LogP contribution in [0.3, 0.4) is 0 Å². The normalized spacial score (nSPS) is 16.0. The molecule has 0 amide bonds. The van der Waals surface area contributed by atoms with Crippen LogP contribution < -0.4 is 5.32 Å². The number of nitrogens with one attached hydrogen (secondary N) is 1. The third kappa shape index (κ3) is 0.987. The van der Waals surface area contributed by atoms with Gasteiger partial charge in [0.15, 0.2) is 6.04 Å². The lowest BCUT2D eigenvalue weighted by Gasteiger charge is -2.02. The van der Waals surface area contributed by atoms with Gasteiger partial charge >= 0.3 is 5.97 Å². The molecule has 0 saturated carbocycles. The van der Waals surface area contributed by atoms with Crippen molar-refractivity contribution in [2.75, 3.05) is 0 Å². The minimum Gasteiger partial charge on any atom is -0.480 e. The van der Waals surface area contributed by atoms with E-state index in [0.717, 1.165) is 11.1 Å². The van der Waals surface area contributed by atoms with E-state index in [2.05, 4.69) is 5.32 Å². The predicted molar refractivity (Wildman–Crippen MR) is 43.3 cm³/mol. The van der Waals surface area contributed by atoms with Gasteiger partial charge in [-0.2, -0.15) is 0 Å².